The second-order valence-corrected chi connectivity index (χ2v) is 6.23. The third kappa shape index (κ3) is 4.99. The summed E-state index contributed by atoms with van der Waals surface area (Å²) in [6.45, 7) is 0.137. The fourth-order valence-corrected chi connectivity index (χ4v) is 2.73. The average molecular weight is 326 g/mol. The summed E-state index contributed by atoms with van der Waals surface area (Å²) >= 11 is 11.5. The molecule has 0 fully saturated rings. The van der Waals surface area contributed by atoms with E-state index in [0.717, 1.165) is 0 Å². The molecule has 0 amide bonds. The zero-order valence-corrected chi connectivity index (χ0v) is 12.5. The van der Waals surface area contributed by atoms with E-state index in [4.69, 9.17) is 23.2 Å². The summed E-state index contributed by atoms with van der Waals surface area (Å²) in [7, 11) is -2.37. The summed E-state index contributed by atoms with van der Waals surface area (Å²) in [6, 6.07) is 4.04. The Morgan fingerprint density at radius 2 is 2.00 bits per heavy atom. The normalized spacial score (nSPS) is 11.3. The molecule has 0 aliphatic heterocycles. The van der Waals surface area contributed by atoms with Gasteiger partial charge in [-0.15, -0.1) is 0 Å². The highest BCUT2D eigenvalue weighted by Gasteiger charge is 2.15. The van der Waals surface area contributed by atoms with Crippen molar-refractivity contribution < 1.29 is 17.9 Å². The monoisotopic (exact) mass is 325 g/mol. The number of hydrogen-bond acceptors (Lipinski definition) is 4. The van der Waals surface area contributed by atoms with E-state index in [0.29, 0.717) is 6.42 Å². The van der Waals surface area contributed by atoms with E-state index in [2.05, 4.69) is 9.46 Å². The fraction of sp³-hybridized carbons (Fsp3) is 0.364. The highest BCUT2D eigenvalue weighted by Crippen LogP contribution is 2.24. The van der Waals surface area contributed by atoms with Gasteiger partial charge in [0.2, 0.25) is 10.0 Å². The summed E-state index contributed by atoms with van der Waals surface area (Å²) in [4.78, 5) is 10.9. The van der Waals surface area contributed by atoms with E-state index in [9.17, 15) is 13.2 Å². The molecule has 0 spiro atoms. The number of hydrogen-bond donors (Lipinski definition) is 1. The van der Waals surface area contributed by atoms with Gasteiger partial charge in [0.15, 0.2) is 0 Å². The van der Waals surface area contributed by atoms with Crippen molar-refractivity contribution in [3.63, 3.8) is 0 Å². The maximum atomic E-state index is 11.9. The van der Waals surface area contributed by atoms with E-state index >= 15 is 0 Å². The van der Waals surface area contributed by atoms with Crippen molar-refractivity contribution in [3.8, 4) is 0 Å². The maximum Gasteiger partial charge on any atom is 0.305 e. The Bertz CT molecular complexity index is 560. The number of methoxy groups -OCH3 is 1. The number of carbonyl (C=O) groups is 1. The number of halogens is 2. The second kappa shape index (κ2) is 7.09. The summed E-state index contributed by atoms with van der Waals surface area (Å²) in [5.41, 5.74) is 0. The molecule has 1 aromatic rings. The molecule has 5 nitrogen and oxygen atoms in total. The first kappa shape index (κ1) is 16.2. The van der Waals surface area contributed by atoms with E-state index in [1.54, 1.807) is 0 Å². The van der Waals surface area contributed by atoms with Crippen LogP contribution in [0.15, 0.2) is 23.1 Å². The molecule has 0 aliphatic rings. The van der Waals surface area contributed by atoms with Gasteiger partial charge in [0.25, 0.3) is 0 Å². The van der Waals surface area contributed by atoms with Crippen molar-refractivity contribution in [2.75, 3.05) is 13.7 Å². The van der Waals surface area contributed by atoms with Crippen molar-refractivity contribution >= 4 is 39.2 Å². The smallest absolute Gasteiger partial charge is 0.305 e. The van der Waals surface area contributed by atoms with Crippen LogP contribution in [0.4, 0.5) is 0 Å². The molecule has 1 rings (SSSR count). The SMILES string of the molecule is COC(=O)CCCNS(=O)(=O)c1ccc(Cl)c(Cl)c1. The number of carbonyl (C=O) groups excluding carboxylic acids is 1. The molecule has 0 atom stereocenters. The quantitative estimate of drug-likeness (QED) is 0.643. The topological polar surface area (TPSA) is 72.5 Å². The largest absolute Gasteiger partial charge is 0.469 e. The molecule has 0 bridgehead atoms. The Balaban J connectivity index is 2.61. The standard InChI is InChI=1S/C11H13Cl2NO4S/c1-18-11(15)3-2-6-14-19(16,17)8-4-5-9(12)10(13)7-8/h4-5,7,14H,2-3,6H2,1H3. The molecule has 0 saturated heterocycles. The van der Waals surface area contributed by atoms with Crippen molar-refractivity contribution in [2.45, 2.75) is 17.7 Å². The molecule has 0 radical (unpaired) electrons. The molecular formula is C11H13Cl2NO4S. The van der Waals surface area contributed by atoms with Gasteiger partial charge in [0.05, 0.1) is 22.1 Å². The van der Waals surface area contributed by atoms with Crippen LogP contribution in [0.3, 0.4) is 0 Å². The van der Waals surface area contributed by atoms with Crippen molar-refractivity contribution in [1.82, 2.24) is 4.72 Å². The molecule has 0 aromatic heterocycles. The van der Waals surface area contributed by atoms with Crippen LogP contribution in [0, 0.1) is 0 Å². The summed E-state index contributed by atoms with van der Waals surface area (Å²) in [5.74, 6) is -0.381. The average Bonchev–Trinajstić information content (AvgIpc) is 2.37. The van der Waals surface area contributed by atoms with Crippen LogP contribution < -0.4 is 4.72 Å². The molecular weight excluding hydrogens is 313 g/mol. The number of sulfonamides is 1. The van der Waals surface area contributed by atoms with Gasteiger partial charge >= 0.3 is 5.97 Å². The summed E-state index contributed by atoms with van der Waals surface area (Å²) in [5, 5.41) is 0.449. The Morgan fingerprint density at radius 1 is 1.32 bits per heavy atom. The minimum Gasteiger partial charge on any atom is -0.469 e. The minimum atomic E-state index is -3.65. The summed E-state index contributed by atoms with van der Waals surface area (Å²) in [6.07, 6.45) is 0.508. The van der Waals surface area contributed by atoms with Gasteiger partial charge in [0.1, 0.15) is 0 Å². The molecule has 106 valence electrons. The van der Waals surface area contributed by atoms with Gasteiger partial charge < -0.3 is 4.74 Å². The minimum absolute atomic E-state index is 0.0277. The maximum absolute atomic E-state index is 11.9. The van der Waals surface area contributed by atoms with Gasteiger partial charge in [-0.05, 0) is 24.6 Å². The van der Waals surface area contributed by atoms with E-state index < -0.39 is 10.0 Å². The molecule has 8 heteroatoms. The van der Waals surface area contributed by atoms with Crippen LogP contribution >= 0.6 is 23.2 Å². The first-order valence-corrected chi connectivity index (χ1v) is 7.62. The first-order chi connectivity index (χ1) is 8.86. The first-order valence-electron chi connectivity index (χ1n) is 5.38. The van der Waals surface area contributed by atoms with Crippen LogP contribution in [0.25, 0.3) is 0 Å². The third-order valence-corrected chi connectivity index (χ3v) is 4.48. The number of ether oxygens (including phenoxy) is 1. The van der Waals surface area contributed by atoms with Crippen LogP contribution in [0.1, 0.15) is 12.8 Å². The lowest BCUT2D eigenvalue weighted by atomic mass is 10.3. The van der Waals surface area contributed by atoms with E-state index in [1.807, 2.05) is 0 Å². The summed E-state index contributed by atoms with van der Waals surface area (Å²) < 4.78 is 30.6. The van der Waals surface area contributed by atoms with Gasteiger partial charge in [-0.1, -0.05) is 23.2 Å². The zero-order valence-electron chi connectivity index (χ0n) is 10.2. The number of esters is 1. The molecule has 0 aliphatic carbocycles. The highest BCUT2D eigenvalue weighted by atomic mass is 35.5. The lowest BCUT2D eigenvalue weighted by Gasteiger charge is -2.07. The van der Waals surface area contributed by atoms with E-state index in [-0.39, 0.29) is 33.9 Å². The van der Waals surface area contributed by atoms with E-state index in [1.165, 1.54) is 25.3 Å². The van der Waals surface area contributed by atoms with Crippen LogP contribution in [-0.2, 0) is 19.6 Å². The van der Waals surface area contributed by atoms with Crippen LogP contribution in [0.2, 0.25) is 10.0 Å². The lowest BCUT2D eigenvalue weighted by Crippen LogP contribution is -2.25. The van der Waals surface area contributed by atoms with Gasteiger partial charge in [-0.3, -0.25) is 4.79 Å². The zero-order chi connectivity index (χ0) is 14.5. The van der Waals surface area contributed by atoms with Crippen molar-refractivity contribution in [2.24, 2.45) is 0 Å². The van der Waals surface area contributed by atoms with Gasteiger partial charge in [-0.25, -0.2) is 13.1 Å². The fourth-order valence-electron chi connectivity index (χ4n) is 1.27. The molecule has 0 heterocycles. The van der Waals surface area contributed by atoms with Crippen LogP contribution in [-0.4, -0.2) is 28.0 Å². The molecule has 0 unspecified atom stereocenters. The molecule has 1 aromatic carbocycles. The molecule has 1 N–H and O–H groups in total. The number of nitrogens with one attached hydrogen (secondary N) is 1. The Labute approximate surface area is 121 Å². The Hall–Kier alpha value is -0.820. The Kier molecular flexibility index (Phi) is 6.06. The van der Waals surface area contributed by atoms with Crippen LogP contribution in [0.5, 0.6) is 0 Å². The predicted octanol–water partition coefficient (Wildman–Crippen LogP) is 2.22. The lowest BCUT2D eigenvalue weighted by molar-refractivity contribution is -0.140. The highest BCUT2D eigenvalue weighted by molar-refractivity contribution is 7.89. The van der Waals surface area contributed by atoms with Crippen molar-refractivity contribution in [3.05, 3.63) is 28.2 Å². The number of rotatable bonds is 6. The number of benzene rings is 1. The van der Waals surface area contributed by atoms with Crippen molar-refractivity contribution in [1.29, 1.82) is 0 Å². The third-order valence-electron chi connectivity index (χ3n) is 2.28. The van der Waals surface area contributed by atoms with Gasteiger partial charge in [-0.2, -0.15) is 0 Å². The molecule has 19 heavy (non-hydrogen) atoms. The van der Waals surface area contributed by atoms with Gasteiger partial charge in [0, 0.05) is 13.0 Å². The Morgan fingerprint density at radius 3 is 2.58 bits per heavy atom. The second-order valence-electron chi connectivity index (χ2n) is 3.65. The predicted molar refractivity (Wildman–Crippen MR) is 72.9 cm³/mol. The molecule has 0 saturated carbocycles.